The molecule has 1 aromatic rings. The molecule has 20 heavy (non-hydrogen) atoms. The van der Waals surface area contributed by atoms with Gasteiger partial charge in [0.2, 0.25) is 0 Å². The van der Waals surface area contributed by atoms with Crippen molar-refractivity contribution in [1.29, 1.82) is 0 Å². The van der Waals surface area contributed by atoms with Crippen LogP contribution >= 0.6 is 11.6 Å². The van der Waals surface area contributed by atoms with E-state index in [0.717, 1.165) is 19.3 Å². The molecule has 1 aromatic heterocycles. The van der Waals surface area contributed by atoms with Crippen LogP contribution in [0.3, 0.4) is 0 Å². The maximum absolute atomic E-state index is 12.3. The largest absolute Gasteiger partial charge is 0.459 e. The number of pyridine rings is 1. The van der Waals surface area contributed by atoms with E-state index in [2.05, 4.69) is 4.98 Å². The summed E-state index contributed by atoms with van der Waals surface area (Å²) >= 11 is 6.23. The lowest BCUT2D eigenvalue weighted by Gasteiger charge is -2.45. The molecule has 2 rings (SSSR count). The van der Waals surface area contributed by atoms with E-state index in [0.29, 0.717) is 10.7 Å². The monoisotopic (exact) mass is 296 g/mol. The first-order valence-electron chi connectivity index (χ1n) is 6.86. The van der Waals surface area contributed by atoms with Crippen LogP contribution in [-0.2, 0) is 14.9 Å². The highest BCUT2D eigenvalue weighted by molar-refractivity contribution is 6.31. The predicted molar refractivity (Wildman–Crippen MR) is 78.6 cm³/mol. The molecule has 1 atom stereocenters. The third-order valence-corrected chi connectivity index (χ3v) is 4.04. The van der Waals surface area contributed by atoms with Crippen molar-refractivity contribution < 1.29 is 9.53 Å². The predicted octanol–water partition coefficient (Wildman–Crippen LogP) is 2.83. The summed E-state index contributed by atoms with van der Waals surface area (Å²) in [6.45, 7) is 5.50. The van der Waals surface area contributed by atoms with Crippen LogP contribution in [0.15, 0.2) is 18.3 Å². The van der Waals surface area contributed by atoms with Gasteiger partial charge in [0, 0.05) is 11.6 Å². The standard InChI is InChI=1S/C15H21ClN2O2/c1-14(2,3)20-13(19)11(17)15(7-5-8-15)12-10(16)6-4-9-18-12/h4,6,9,11H,5,7-8,17H2,1-3H3. The van der Waals surface area contributed by atoms with Gasteiger partial charge in [0.05, 0.1) is 10.7 Å². The van der Waals surface area contributed by atoms with Crippen molar-refractivity contribution >= 4 is 17.6 Å². The summed E-state index contributed by atoms with van der Waals surface area (Å²) < 4.78 is 5.41. The first-order chi connectivity index (χ1) is 9.26. The second-order valence-electron chi connectivity index (χ2n) is 6.35. The van der Waals surface area contributed by atoms with Crippen LogP contribution < -0.4 is 5.73 Å². The Balaban J connectivity index is 2.28. The highest BCUT2D eigenvalue weighted by Crippen LogP contribution is 2.47. The van der Waals surface area contributed by atoms with Gasteiger partial charge in [0.15, 0.2) is 0 Å². The first kappa shape index (κ1) is 15.3. The molecule has 110 valence electrons. The van der Waals surface area contributed by atoms with Crippen LogP contribution in [0.4, 0.5) is 0 Å². The number of nitrogens with zero attached hydrogens (tertiary/aromatic N) is 1. The summed E-state index contributed by atoms with van der Waals surface area (Å²) in [5.74, 6) is -0.390. The Morgan fingerprint density at radius 3 is 2.60 bits per heavy atom. The fourth-order valence-electron chi connectivity index (χ4n) is 2.60. The molecule has 0 radical (unpaired) electrons. The lowest BCUT2D eigenvalue weighted by Crippen LogP contribution is -2.56. The van der Waals surface area contributed by atoms with Gasteiger partial charge in [-0.05, 0) is 45.7 Å². The topological polar surface area (TPSA) is 65.2 Å². The fraction of sp³-hybridized carbons (Fsp3) is 0.600. The van der Waals surface area contributed by atoms with Gasteiger partial charge in [0.1, 0.15) is 11.6 Å². The summed E-state index contributed by atoms with van der Waals surface area (Å²) in [4.78, 5) is 16.6. The molecule has 1 unspecified atom stereocenters. The zero-order valence-electron chi connectivity index (χ0n) is 12.1. The van der Waals surface area contributed by atoms with Gasteiger partial charge < -0.3 is 10.5 Å². The molecule has 4 nitrogen and oxygen atoms in total. The van der Waals surface area contributed by atoms with Gasteiger partial charge in [-0.3, -0.25) is 9.78 Å². The number of hydrogen-bond donors (Lipinski definition) is 1. The van der Waals surface area contributed by atoms with Gasteiger partial charge in [-0.2, -0.15) is 0 Å². The minimum absolute atomic E-state index is 0.390. The van der Waals surface area contributed by atoms with Gasteiger partial charge in [-0.25, -0.2) is 0 Å². The Morgan fingerprint density at radius 2 is 2.15 bits per heavy atom. The van der Waals surface area contributed by atoms with Crippen molar-refractivity contribution in [2.75, 3.05) is 0 Å². The molecule has 5 heteroatoms. The average molecular weight is 297 g/mol. The van der Waals surface area contributed by atoms with Crippen molar-refractivity contribution in [2.45, 2.75) is 57.1 Å². The fourth-order valence-corrected chi connectivity index (χ4v) is 2.91. The van der Waals surface area contributed by atoms with Crippen LogP contribution in [0.5, 0.6) is 0 Å². The Kier molecular flexibility index (Phi) is 4.07. The van der Waals surface area contributed by atoms with Crippen LogP contribution in [0.2, 0.25) is 5.02 Å². The van der Waals surface area contributed by atoms with E-state index in [-0.39, 0.29) is 5.97 Å². The quantitative estimate of drug-likeness (QED) is 0.871. The lowest BCUT2D eigenvalue weighted by molar-refractivity contribution is -0.159. The third-order valence-electron chi connectivity index (χ3n) is 3.73. The number of esters is 1. The molecule has 0 aromatic carbocycles. The second kappa shape index (κ2) is 5.34. The Labute approximate surface area is 124 Å². The number of halogens is 1. The number of nitrogens with two attached hydrogens (primary N) is 1. The van der Waals surface area contributed by atoms with E-state index in [1.807, 2.05) is 20.8 Å². The summed E-state index contributed by atoms with van der Waals surface area (Å²) in [5.41, 5.74) is 5.87. The summed E-state index contributed by atoms with van der Waals surface area (Å²) in [7, 11) is 0. The van der Waals surface area contributed by atoms with Gasteiger partial charge >= 0.3 is 5.97 Å². The van der Waals surface area contributed by atoms with E-state index in [4.69, 9.17) is 22.1 Å². The molecular weight excluding hydrogens is 276 g/mol. The minimum atomic E-state index is -0.733. The molecule has 1 saturated carbocycles. The van der Waals surface area contributed by atoms with E-state index < -0.39 is 17.1 Å². The molecule has 1 fully saturated rings. The maximum atomic E-state index is 12.3. The second-order valence-corrected chi connectivity index (χ2v) is 6.76. The molecule has 1 heterocycles. The summed E-state index contributed by atoms with van der Waals surface area (Å²) in [6, 6.07) is 2.83. The van der Waals surface area contributed by atoms with E-state index >= 15 is 0 Å². The number of carbonyl (C=O) groups is 1. The Bertz CT molecular complexity index is 507. The zero-order valence-corrected chi connectivity index (χ0v) is 12.9. The number of ether oxygens (including phenoxy) is 1. The SMILES string of the molecule is CC(C)(C)OC(=O)C(N)C1(c2ncccc2Cl)CCC1. The van der Waals surface area contributed by atoms with Crippen LogP contribution in [0.25, 0.3) is 0 Å². The molecule has 0 spiro atoms. The molecule has 0 saturated heterocycles. The molecule has 2 N–H and O–H groups in total. The molecule has 0 bridgehead atoms. The number of aromatic nitrogens is 1. The molecule has 1 aliphatic carbocycles. The number of carbonyl (C=O) groups excluding carboxylic acids is 1. The van der Waals surface area contributed by atoms with E-state index in [1.54, 1.807) is 18.3 Å². The third kappa shape index (κ3) is 2.81. The zero-order chi connectivity index (χ0) is 15.0. The molecular formula is C15H21ClN2O2. The highest BCUT2D eigenvalue weighted by Gasteiger charge is 2.50. The normalized spacial score (nSPS) is 19.1. The number of hydrogen-bond acceptors (Lipinski definition) is 4. The Morgan fingerprint density at radius 1 is 1.50 bits per heavy atom. The molecule has 1 aliphatic rings. The van der Waals surface area contributed by atoms with Crippen LogP contribution in [-0.4, -0.2) is 22.6 Å². The van der Waals surface area contributed by atoms with Crippen molar-refractivity contribution in [1.82, 2.24) is 4.98 Å². The summed E-state index contributed by atoms with van der Waals surface area (Å²) in [6.07, 6.45) is 4.32. The lowest BCUT2D eigenvalue weighted by atomic mass is 9.62. The number of rotatable bonds is 3. The minimum Gasteiger partial charge on any atom is -0.459 e. The highest BCUT2D eigenvalue weighted by atomic mass is 35.5. The van der Waals surface area contributed by atoms with E-state index in [1.165, 1.54) is 0 Å². The van der Waals surface area contributed by atoms with Crippen LogP contribution in [0, 0.1) is 0 Å². The average Bonchev–Trinajstić information content (AvgIpc) is 2.27. The smallest absolute Gasteiger partial charge is 0.324 e. The van der Waals surface area contributed by atoms with Gasteiger partial charge in [0.25, 0.3) is 0 Å². The van der Waals surface area contributed by atoms with Gasteiger partial charge in [-0.1, -0.05) is 18.0 Å². The summed E-state index contributed by atoms with van der Waals surface area (Å²) in [5, 5.41) is 0.561. The van der Waals surface area contributed by atoms with E-state index in [9.17, 15) is 4.79 Å². The van der Waals surface area contributed by atoms with Crippen molar-refractivity contribution in [2.24, 2.45) is 5.73 Å². The first-order valence-corrected chi connectivity index (χ1v) is 7.23. The van der Waals surface area contributed by atoms with Crippen LogP contribution in [0.1, 0.15) is 45.7 Å². The molecule has 0 aliphatic heterocycles. The molecule has 0 amide bonds. The van der Waals surface area contributed by atoms with Crippen molar-refractivity contribution in [3.05, 3.63) is 29.0 Å². The van der Waals surface area contributed by atoms with Gasteiger partial charge in [-0.15, -0.1) is 0 Å². The maximum Gasteiger partial charge on any atom is 0.324 e. The Hall–Kier alpha value is -1.13. The van der Waals surface area contributed by atoms with Crippen molar-refractivity contribution in [3.8, 4) is 0 Å². The van der Waals surface area contributed by atoms with Crippen molar-refractivity contribution in [3.63, 3.8) is 0 Å².